The second-order valence-corrected chi connectivity index (χ2v) is 7.44. The van der Waals surface area contributed by atoms with Crippen LogP contribution in [0.5, 0.6) is 0 Å². The Balaban J connectivity index is 0.00000196. The van der Waals surface area contributed by atoms with Crippen molar-refractivity contribution >= 4 is 39.6 Å². The van der Waals surface area contributed by atoms with Crippen molar-refractivity contribution in [3.63, 3.8) is 0 Å². The molecule has 1 aliphatic rings. The molecule has 4 nitrogen and oxygen atoms in total. The van der Waals surface area contributed by atoms with Gasteiger partial charge in [-0.15, -0.1) is 12.4 Å². The molecule has 0 atom stereocenters. The zero-order chi connectivity index (χ0) is 17.4. The lowest BCUT2D eigenvalue weighted by Crippen LogP contribution is -2.46. The lowest BCUT2D eigenvalue weighted by molar-refractivity contribution is 0.249. The summed E-state index contributed by atoms with van der Waals surface area (Å²) in [5.41, 5.74) is 2.90. The number of hydrogen-bond acceptors (Lipinski definition) is 4. The van der Waals surface area contributed by atoms with E-state index in [9.17, 15) is 9.18 Å². The molecule has 1 fully saturated rings. The number of aryl methyl sites for hydroxylation is 1. The Morgan fingerprint density at radius 3 is 2.54 bits per heavy atom. The van der Waals surface area contributed by atoms with Gasteiger partial charge in [-0.25, -0.2) is 4.39 Å². The Morgan fingerprint density at radius 1 is 1.08 bits per heavy atom. The number of thiazole rings is 1. The summed E-state index contributed by atoms with van der Waals surface area (Å²) in [6, 6.07) is 13.2. The number of hydrogen-bond donors (Lipinski definition) is 0. The number of anilines is 1. The number of halogens is 2. The first-order valence-electron chi connectivity index (χ1n) is 8.42. The molecule has 7 heteroatoms. The van der Waals surface area contributed by atoms with Gasteiger partial charge in [0.15, 0.2) is 0 Å². The fourth-order valence-electron chi connectivity index (χ4n) is 3.39. The van der Waals surface area contributed by atoms with E-state index in [4.69, 9.17) is 0 Å². The third-order valence-corrected chi connectivity index (χ3v) is 5.82. The maximum Gasteiger partial charge on any atom is 0.307 e. The van der Waals surface area contributed by atoms with E-state index in [2.05, 4.69) is 21.9 Å². The summed E-state index contributed by atoms with van der Waals surface area (Å²) in [7, 11) is 1.81. The van der Waals surface area contributed by atoms with Gasteiger partial charge in [0.05, 0.1) is 15.9 Å². The van der Waals surface area contributed by atoms with Gasteiger partial charge in [-0.2, -0.15) is 0 Å². The number of nitrogens with zero attached hydrogens (tertiary/aromatic N) is 3. The number of piperazine rings is 1. The number of rotatable bonds is 3. The van der Waals surface area contributed by atoms with Gasteiger partial charge in [0, 0.05) is 39.8 Å². The van der Waals surface area contributed by atoms with Crippen molar-refractivity contribution in [1.82, 2.24) is 9.47 Å². The fraction of sp³-hybridized carbons (Fsp3) is 0.316. The Labute approximate surface area is 161 Å². The summed E-state index contributed by atoms with van der Waals surface area (Å²) in [6.45, 7) is 4.30. The van der Waals surface area contributed by atoms with Crippen molar-refractivity contribution in [1.29, 1.82) is 0 Å². The normalized spacial score (nSPS) is 15.2. The molecule has 3 aromatic rings. The SMILES string of the molecule is Cl.Cn1c(=O)sc2cc(CN3CCN(c4ccccc4F)CC3)ccc21. The van der Waals surface area contributed by atoms with Gasteiger partial charge in [-0.1, -0.05) is 29.5 Å². The Morgan fingerprint density at radius 2 is 1.81 bits per heavy atom. The molecule has 0 saturated carbocycles. The summed E-state index contributed by atoms with van der Waals surface area (Å²) in [6.07, 6.45) is 0. The molecule has 1 aliphatic heterocycles. The fourth-order valence-corrected chi connectivity index (χ4v) is 4.33. The second-order valence-electron chi connectivity index (χ2n) is 6.44. The molecule has 0 aliphatic carbocycles. The molecule has 2 heterocycles. The highest BCUT2D eigenvalue weighted by molar-refractivity contribution is 7.16. The van der Waals surface area contributed by atoms with Crippen molar-refractivity contribution in [2.45, 2.75) is 6.54 Å². The van der Waals surface area contributed by atoms with E-state index in [1.54, 1.807) is 10.6 Å². The highest BCUT2D eigenvalue weighted by atomic mass is 35.5. The smallest absolute Gasteiger partial charge is 0.307 e. The monoisotopic (exact) mass is 393 g/mol. The molecule has 26 heavy (non-hydrogen) atoms. The standard InChI is InChI=1S/C19H20FN3OS.ClH/c1-21-17-7-6-14(12-18(17)25-19(21)24)13-22-8-10-23(11-9-22)16-5-3-2-4-15(16)20;/h2-7,12H,8-11,13H2,1H3;1H. The molecule has 1 aromatic heterocycles. The highest BCUT2D eigenvalue weighted by Gasteiger charge is 2.19. The van der Waals surface area contributed by atoms with E-state index < -0.39 is 0 Å². The van der Waals surface area contributed by atoms with E-state index in [1.807, 2.05) is 25.2 Å². The molecule has 138 valence electrons. The molecule has 2 aromatic carbocycles. The number of aromatic nitrogens is 1. The third kappa shape index (κ3) is 3.63. The summed E-state index contributed by atoms with van der Waals surface area (Å²) < 4.78 is 16.6. The molecule has 0 unspecified atom stereocenters. The average molecular weight is 394 g/mol. The lowest BCUT2D eigenvalue weighted by atomic mass is 10.1. The molecular formula is C19H21ClFN3OS. The summed E-state index contributed by atoms with van der Waals surface area (Å²) in [4.78, 5) is 16.3. The van der Waals surface area contributed by atoms with Crippen LogP contribution < -0.4 is 9.77 Å². The van der Waals surface area contributed by atoms with E-state index >= 15 is 0 Å². The van der Waals surface area contributed by atoms with Crippen LogP contribution in [0.3, 0.4) is 0 Å². The third-order valence-electron chi connectivity index (χ3n) is 4.83. The van der Waals surface area contributed by atoms with Crippen LogP contribution in [0.25, 0.3) is 10.2 Å². The van der Waals surface area contributed by atoms with Crippen molar-refractivity contribution in [2.75, 3.05) is 31.1 Å². The Bertz CT molecular complexity index is 963. The molecular weight excluding hydrogens is 373 g/mol. The van der Waals surface area contributed by atoms with E-state index in [0.29, 0.717) is 5.69 Å². The maximum absolute atomic E-state index is 13.9. The van der Waals surface area contributed by atoms with Gasteiger partial charge in [0.1, 0.15) is 5.82 Å². The summed E-state index contributed by atoms with van der Waals surface area (Å²) >= 11 is 1.29. The number of fused-ring (bicyclic) bond motifs is 1. The quantitative estimate of drug-likeness (QED) is 0.682. The topological polar surface area (TPSA) is 28.5 Å². The zero-order valence-electron chi connectivity index (χ0n) is 14.5. The highest BCUT2D eigenvalue weighted by Crippen LogP contribution is 2.22. The van der Waals surface area contributed by atoms with Crippen LogP contribution in [0.15, 0.2) is 47.3 Å². The first-order valence-corrected chi connectivity index (χ1v) is 9.24. The first-order chi connectivity index (χ1) is 12.1. The minimum absolute atomic E-state index is 0. The molecule has 1 saturated heterocycles. The van der Waals surface area contributed by atoms with E-state index in [-0.39, 0.29) is 23.1 Å². The second kappa shape index (κ2) is 7.78. The Hall–Kier alpha value is -1.89. The maximum atomic E-state index is 13.9. The van der Waals surface area contributed by atoms with Gasteiger partial charge in [-0.05, 0) is 29.8 Å². The predicted molar refractivity (Wildman–Crippen MR) is 108 cm³/mol. The molecule has 4 rings (SSSR count). The lowest BCUT2D eigenvalue weighted by Gasteiger charge is -2.36. The van der Waals surface area contributed by atoms with Gasteiger partial charge in [0.25, 0.3) is 0 Å². The number of benzene rings is 2. The van der Waals surface area contributed by atoms with Crippen LogP contribution in [0.1, 0.15) is 5.56 Å². The van der Waals surface area contributed by atoms with E-state index in [0.717, 1.165) is 42.9 Å². The predicted octanol–water partition coefficient (Wildman–Crippen LogP) is 3.48. The van der Waals surface area contributed by atoms with Crippen molar-refractivity contribution in [3.05, 3.63) is 63.5 Å². The van der Waals surface area contributed by atoms with E-state index in [1.165, 1.54) is 23.0 Å². The molecule has 0 spiro atoms. The molecule has 0 N–H and O–H groups in total. The first kappa shape index (κ1) is 18.9. The van der Waals surface area contributed by atoms with Crippen molar-refractivity contribution in [3.8, 4) is 0 Å². The van der Waals surface area contributed by atoms with Gasteiger partial charge in [-0.3, -0.25) is 9.69 Å². The van der Waals surface area contributed by atoms with Gasteiger partial charge < -0.3 is 9.47 Å². The van der Waals surface area contributed by atoms with Crippen molar-refractivity contribution in [2.24, 2.45) is 7.05 Å². The molecule has 0 bridgehead atoms. The Kier molecular flexibility index (Phi) is 5.65. The van der Waals surface area contributed by atoms with Crippen LogP contribution in [0, 0.1) is 5.82 Å². The molecule has 0 amide bonds. The van der Waals surface area contributed by atoms with Crippen LogP contribution in [-0.4, -0.2) is 35.6 Å². The summed E-state index contributed by atoms with van der Waals surface area (Å²) in [5, 5.41) is 0. The van der Waals surface area contributed by atoms with Gasteiger partial charge >= 0.3 is 4.87 Å². The minimum atomic E-state index is -0.152. The van der Waals surface area contributed by atoms with Crippen LogP contribution in [-0.2, 0) is 13.6 Å². The van der Waals surface area contributed by atoms with Gasteiger partial charge in [0.2, 0.25) is 0 Å². The van der Waals surface area contributed by atoms with Crippen LogP contribution in [0.4, 0.5) is 10.1 Å². The van der Waals surface area contributed by atoms with Crippen LogP contribution >= 0.6 is 23.7 Å². The van der Waals surface area contributed by atoms with Crippen LogP contribution in [0.2, 0.25) is 0 Å². The minimum Gasteiger partial charge on any atom is -0.367 e. The number of para-hydroxylation sites is 1. The summed E-state index contributed by atoms with van der Waals surface area (Å²) in [5.74, 6) is -0.152. The largest absolute Gasteiger partial charge is 0.367 e. The average Bonchev–Trinajstić information content (AvgIpc) is 2.90. The molecule has 0 radical (unpaired) electrons. The zero-order valence-corrected chi connectivity index (χ0v) is 16.2. The van der Waals surface area contributed by atoms with Crippen molar-refractivity contribution < 1.29 is 4.39 Å².